The monoisotopic (exact) mass is 244 g/mol. The van der Waals surface area contributed by atoms with Crippen LogP contribution >= 0.6 is 0 Å². The summed E-state index contributed by atoms with van der Waals surface area (Å²) < 4.78 is 20.8. The van der Waals surface area contributed by atoms with Crippen LogP contribution in [0.5, 0.6) is 0 Å². The highest BCUT2D eigenvalue weighted by molar-refractivity contribution is 6.44. The van der Waals surface area contributed by atoms with Crippen LogP contribution in [-0.4, -0.2) is 44.5 Å². The molecule has 0 aromatic rings. The Balaban J connectivity index is 2.54. The van der Waals surface area contributed by atoms with Gasteiger partial charge in [0.25, 0.3) is 0 Å². The van der Waals surface area contributed by atoms with Gasteiger partial charge in [0.2, 0.25) is 0 Å². The van der Waals surface area contributed by atoms with Crippen LogP contribution in [0.25, 0.3) is 0 Å². The maximum atomic E-state index is 10.9. The highest BCUT2D eigenvalue weighted by Gasteiger charge is 2.36. The van der Waals surface area contributed by atoms with E-state index in [4.69, 9.17) is 18.8 Å². The lowest BCUT2D eigenvalue weighted by atomic mass is 9.83. The molecule has 0 aromatic carbocycles. The molecule has 0 aliphatic carbocycles. The summed E-state index contributed by atoms with van der Waals surface area (Å²) in [6.07, 6.45) is -0.320. The summed E-state index contributed by atoms with van der Waals surface area (Å²) in [5.41, 5.74) is 0. The average Bonchev–Trinajstić information content (AvgIpc) is 2.27. The molecule has 2 atom stereocenters. The topological polar surface area (TPSA) is 71.1 Å². The van der Waals surface area contributed by atoms with Crippen LogP contribution in [0.1, 0.15) is 20.8 Å². The number of esters is 2. The summed E-state index contributed by atoms with van der Waals surface area (Å²) in [6.45, 7) is 4.86. The molecule has 0 N–H and O–H groups in total. The Bertz CT molecular complexity index is 282. The first kappa shape index (κ1) is 14.0. The van der Waals surface area contributed by atoms with Crippen molar-refractivity contribution < 1.29 is 28.4 Å². The molecule has 0 bridgehead atoms. The summed E-state index contributed by atoms with van der Waals surface area (Å²) in [5, 5.41) is 0. The molecule has 17 heavy (non-hydrogen) atoms. The average molecular weight is 244 g/mol. The minimum Gasteiger partial charge on any atom is -0.463 e. The van der Waals surface area contributed by atoms with Crippen molar-refractivity contribution in [3.05, 3.63) is 0 Å². The van der Waals surface area contributed by atoms with Crippen LogP contribution in [0, 0.1) is 0 Å². The molecule has 1 fully saturated rings. The summed E-state index contributed by atoms with van der Waals surface area (Å²) in [4.78, 5) is 21.7. The van der Waals surface area contributed by atoms with E-state index in [1.54, 1.807) is 0 Å². The van der Waals surface area contributed by atoms with Crippen molar-refractivity contribution in [3.8, 4) is 0 Å². The standard InChI is InChI=1S/C10H17BO6/c1-4-11-15-6-9(16-8(3)13)10(17-11)5-14-7(2)12/h9-10H,4-6H2,1-3H3. The molecule has 0 amide bonds. The Hall–Kier alpha value is -1.08. The van der Waals surface area contributed by atoms with Crippen molar-refractivity contribution >= 4 is 19.1 Å². The minimum atomic E-state index is -0.533. The van der Waals surface area contributed by atoms with Crippen LogP contribution in [0.4, 0.5) is 0 Å². The number of carbonyl (C=O) groups excluding carboxylic acids is 2. The first-order valence-electron chi connectivity index (χ1n) is 5.60. The summed E-state index contributed by atoms with van der Waals surface area (Å²) in [7, 11) is -0.345. The molecule has 2 unspecified atom stereocenters. The highest BCUT2D eigenvalue weighted by atomic mass is 16.7. The van der Waals surface area contributed by atoms with Gasteiger partial charge in [-0.05, 0) is 6.32 Å². The Kier molecular flexibility index (Phi) is 5.44. The third kappa shape index (κ3) is 4.74. The van der Waals surface area contributed by atoms with E-state index < -0.39 is 24.1 Å². The van der Waals surface area contributed by atoms with Crippen molar-refractivity contribution in [1.82, 2.24) is 0 Å². The molecule has 0 saturated carbocycles. The van der Waals surface area contributed by atoms with Gasteiger partial charge in [-0.1, -0.05) is 6.92 Å². The first-order valence-corrected chi connectivity index (χ1v) is 5.60. The molecule has 1 aliphatic heterocycles. The molecular formula is C10H17BO6. The molecule has 0 aromatic heterocycles. The smallest absolute Gasteiger partial charge is 0.457 e. The molecule has 6 nitrogen and oxygen atoms in total. The van der Waals surface area contributed by atoms with Crippen molar-refractivity contribution in [2.24, 2.45) is 0 Å². The van der Waals surface area contributed by atoms with E-state index in [0.717, 1.165) is 0 Å². The number of hydrogen-bond donors (Lipinski definition) is 0. The van der Waals surface area contributed by atoms with Gasteiger partial charge >= 0.3 is 19.1 Å². The van der Waals surface area contributed by atoms with E-state index in [1.807, 2.05) is 6.92 Å². The summed E-state index contributed by atoms with van der Waals surface area (Å²) in [5.74, 6) is -0.806. The van der Waals surface area contributed by atoms with Crippen LogP contribution in [0.15, 0.2) is 0 Å². The van der Waals surface area contributed by atoms with Crippen LogP contribution in [-0.2, 0) is 28.4 Å². The third-order valence-corrected chi connectivity index (χ3v) is 2.29. The Morgan fingerprint density at radius 3 is 2.59 bits per heavy atom. The zero-order valence-electron chi connectivity index (χ0n) is 10.3. The molecule has 7 heteroatoms. The zero-order chi connectivity index (χ0) is 12.8. The lowest BCUT2D eigenvalue weighted by Crippen LogP contribution is -2.50. The number of rotatable bonds is 4. The maximum absolute atomic E-state index is 10.9. The van der Waals surface area contributed by atoms with Gasteiger partial charge in [-0.15, -0.1) is 0 Å². The fraction of sp³-hybridized carbons (Fsp3) is 0.800. The largest absolute Gasteiger partial charge is 0.463 e. The predicted molar refractivity (Wildman–Crippen MR) is 59.2 cm³/mol. The van der Waals surface area contributed by atoms with E-state index in [1.165, 1.54) is 13.8 Å². The van der Waals surface area contributed by atoms with Crippen LogP contribution in [0.2, 0.25) is 6.32 Å². The SMILES string of the molecule is CCB1OCC(OC(C)=O)C(COC(C)=O)O1. The molecule has 96 valence electrons. The van der Waals surface area contributed by atoms with E-state index in [9.17, 15) is 9.59 Å². The van der Waals surface area contributed by atoms with Crippen molar-refractivity contribution in [1.29, 1.82) is 0 Å². The van der Waals surface area contributed by atoms with Crippen molar-refractivity contribution in [2.45, 2.75) is 39.3 Å². The van der Waals surface area contributed by atoms with Gasteiger partial charge in [0, 0.05) is 13.8 Å². The predicted octanol–water partition coefficient (Wildman–Crippen LogP) is 0.405. The van der Waals surface area contributed by atoms with Gasteiger partial charge in [0.1, 0.15) is 12.7 Å². The molecule has 0 radical (unpaired) electrons. The third-order valence-electron chi connectivity index (χ3n) is 2.29. The number of hydrogen-bond acceptors (Lipinski definition) is 6. The lowest BCUT2D eigenvalue weighted by molar-refractivity contribution is -0.165. The quantitative estimate of drug-likeness (QED) is 0.526. The van der Waals surface area contributed by atoms with E-state index in [-0.39, 0.29) is 20.3 Å². The normalized spacial score (nSPS) is 24.3. The molecule has 0 spiro atoms. The fourth-order valence-electron chi connectivity index (χ4n) is 1.51. The number of carbonyl (C=O) groups is 2. The Morgan fingerprint density at radius 1 is 1.35 bits per heavy atom. The summed E-state index contributed by atoms with van der Waals surface area (Å²) in [6, 6.07) is 0. The molecule has 1 heterocycles. The number of ether oxygens (including phenoxy) is 2. The molecular weight excluding hydrogens is 227 g/mol. The van der Waals surface area contributed by atoms with Crippen LogP contribution < -0.4 is 0 Å². The second-order valence-electron chi connectivity index (χ2n) is 3.80. The Labute approximate surface area is 101 Å². The minimum absolute atomic E-state index is 0.0626. The Morgan fingerprint density at radius 2 is 2.06 bits per heavy atom. The summed E-state index contributed by atoms with van der Waals surface area (Å²) >= 11 is 0. The lowest BCUT2D eigenvalue weighted by Gasteiger charge is -2.33. The molecule has 1 aliphatic rings. The molecule has 1 saturated heterocycles. The van der Waals surface area contributed by atoms with Gasteiger partial charge in [-0.2, -0.15) is 0 Å². The van der Waals surface area contributed by atoms with Gasteiger partial charge in [0.05, 0.1) is 6.61 Å². The second kappa shape index (κ2) is 6.61. The first-order chi connectivity index (χ1) is 8.02. The van der Waals surface area contributed by atoms with Gasteiger partial charge < -0.3 is 18.8 Å². The van der Waals surface area contributed by atoms with Gasteiger partial charge in [-0.3, -0.25) is 9.59 Å². The van der Waals surface area contributed by atoms with E-state index in [0.29, 0.717) is 6.32 Å². The molecule has 1 rings (SSSR count). The van der Waals surface area contributed by atoms with E-state index >= 15 is 0 Å². The maximum Gasteiger partial charge on any atom is 0.457 e. The fourth-order valence-corrected chi connectivity index (χ4v) is 1.51. The van der Waals surface area contributed by atoms with Crippen LogP contribution in [0.3, 0.4) is 0 Å². The second-order valence-corrected chi connectivity index (χ2v) is 3.80. The van der Waals surface area contributed by atoms with Gasteiger partial charge in [-0.25, -0.2) is 0 Å². The van der Waals surface area contributed by atoms with Crippen molar-refractivity contribution in [3.63, 3.8) is 0 Å². The zero-order valence-corrected chi connectivity index (χ0v) is 10.3. The highest BCUT2D eigenvalue weighted by Crippen LogP contribution is 2.16. The van der Waals surface area contributed by atoms with Crippen molar-refractivity contribution in [2.75, 3.05) is 13.2 Å². The van der Waals surface area contributed by atoms with E-state index in [2.05, 4.69) is 0 Å². The van der Waals surface area contributed by atoms with Gasteiger partial charge in [0.15, 0.2) is 6.10 Å².